The summed E-state index contributed by atoms with van der Waals surface area (Å²) in [6, 6.07) is 15.5. The van der Waals surface area contributed by atoms with E-state index in [2.05, 4.69) is 34.9 Å². The minimum Gasteiger partial charge on any atom is -0.404 e. The molecule has 0 spiro atoms. The second-order valence-electron chi connectivity index (χ2n) is 6.63. The van der Waals surface area contributed by atoms with Crippen molar-refractivity contribution >= 4 is 22.7 Å². The summed E-state index contributed by atoms with van der Waals surface area (Å²) in [5, 5.41) is 10.3. The molecule has 0 atom stereocenters. The Labute approximate surface area is 158 Å². The highest BCUT2D eigenvalue weighted by Gasteiger charge is 2.12. The van der Waals surface area contributed by atoms with Gasteiger partial charge >= 0.3 is 0 Å². The Balaban J connectivity index is 2.12. The maximum absolute atomic E-state index is 9.28. The highest BCUT2D eigenvalue weighted by atomic mass is 14.7. The Kier molecular flexibility index (Phi) is 5.58. The molecular weight excluding hydrogens is 334 g/mol. The fourth-order valence-corrected chi connectivity index (χ4v) is 2.75. The van der Waals surface area contributed by atoms with Crippen molar-refractivity contribution in [2.24, 2.45) is 16.6 Å². The molecule has 0 fully saturated rings. The van der Waals surface area contributed by atoms with Gasteiger partial charge in [-0.2, -0.15) is 5.26 Å². The Hall–Kier alpha value is -3.52. The zero-order chi connectivity index (χ0) is 19.2. The summed E-state index contributed by atoms with van der Waals surface area (Å²) in [5.41, 5.74) is 10.3. The summed E-state index contributed by atoms with van der Waals surface area (Å²) in [4.78, 5) is 13.4. The molecule has 3 rings (SSSR count). The van der Waals surface area contributed by atoms with Crippen LogP contribution in [0.25, 0.3) is 27.7 Å². The monoisotopic (exact) mass is 355 g/mol. The molecule has 3 aromatic rings. The molecule has 2 N–H and O–H groups in total. The van der Waals surface area contributed by atoms with Crippen LogP contribution in [0.2, 0.25) is 0 Å². The number of pyridine rings is 2. The number of nitriles is 1. The summed E-state index contributed by atoms with van der Waals surface area (Å²) < 4.78 is 0. The van der Waals surface area contributed by atoms with Gasteiger partial charge in [0.2, 0.25) is 0 Å². The van der Waals surface area contributed by atoms with Crippen LogP contribution in [0, 0.1) is 17.2 Å². The Bertz CT molecular complexity index is 1060. The molecule has 2 aromatic heterocycles. The summed E-state index contributed by atoms with van der Waals surface area (Å²) >= 11 is 0. The normalized spacial score (nSPS) is 12.0. The van der Waals surface area contributed by atoms with Crippen LogP contribution in [0.15, 0.2) is 59.9 Å². The lowest BCUT2D eigenvalue weighted by molar-refractivity contribution is 0.667. The van der Waals surface area contributed by atoms with Crippen molar-refractivity contribution in [2.75, 3.05) is 6.54 Å². The summed E-state index contributed by atoms with van der Waals surface area (Å²) in [6.07, 6.45) is 5.05. The topological polar surface area (TPSA) is 88.0 Å². The van der Waals surface area contributed by atoms with Gasteiger partial charge in [-0.05, 0) is 30.2 Å². The van der Waals surface area contributed by atoms with Gasteiger partial charge < -0.3 is 5.73 Å². The first kappa shape index (κ1) is 18.3. The number of aliphatic imine (C=N–C) groups is 1. The summed E-state index contributed by atoms with van der Waals surface area (Å²) in [5.74, 6) is 0.463. The quantitative estimate of drug-likeness (QED) is 0.695. The number of allylic oxidation sites excluding steroid dienone is 1. The van der Waals surface area contributed by atoms with Gasteiger partial charge in [0.15, 0.2) is 0 Å². The van der Waals surface area contributed by atoms with Crippen molar-refractivity contribution in [1.29, 1.82) is 5.26 Å². The first-order chi connectivity index (χ1) is 13.1. The second kappa shape index (κ2) is 8.24. The van der Waals surface area contributed by atoms with Crippen molar-refractivity contribution in [2.45, 2.75) is 13.8 Å². The van der Waals surface area contributed by atoms with E-state index >= 15 is 0 Å². The Morgan fingerprint density at radius 2 is 2.11 bits per heavy atom. The second-order valence-corrected chi connectivity index (χ2v) is 6.63. The van der Waals surface area contributed by atoms with E-state index in [1.165, 1.54) is 6.20 Å². The SMILES string of the molecule is CC(C)CN=C/C(=C\N)c1ccc(C#N)nc1-c1ccc2cccnc2c1. The molecule has 1 aromatic carbocycles. The largest absolute Gasteiger partial charge is 0.404 e. The number of hydrogen-bond acceptors (Lipinski definition) is 5. The lowest BCUT2D eigenvalue weighted by Crippen LogP contribution is -2.00. The molecule has 5 nitrogen and oxygen atoms in total. The zero-order valence-electron chi connectivity index (χ0n) is 15.4. The third kappa shape index (κ3) is 4.18. The van der Waals surface area contributed by atoms with E-state index in [-0.39, 0.29) is 0 Å². The molecule has 0 bridgehead atoms. The number of hydrogen-bond donors (Lipinski definition) is 1. The van der Waals surface area contributed by atoms with Gasteiger partial charge in [-0.3, -0.25) is 9.98 Å². The maximum atomic E-state index is 9.28. The molecule has 2 heterocycles. The molecule has 0 radical (unpaired) electrons. The highest BCUT2D eigenvalue weighted by molar-refractivity contribution is 6.12. The Morgan fingerprint density at radius 1 is 1.26 bits per heavy atom. The van der Waals surface area contributed by atoms with E-state index in [4.69, 9.17) is 5.73 Å². The van der Waals surface area contributed by atoms with Crippen LogP contribution in [-0.4, -0.2) is 22.7 Å². The number of fused-ring (bicyclic) bond motifs is 1. The van der Waals surface area contributed by atoms with Crippen LogP contribution < -0.4 is 5.73 Å². The standard InChI is InChI=1S/C22H21N5/c1-15(2)13-25-14-18(11-23)20-8-7-19(12-24)27-22(20)17-6-5-16-4-3-9-26-21(16)10-17/h3-11,14-15H,13,23H2,1-2H3/b18-11+,25-14?. The van der Waals surface area contributed by atoms with Crippen molar-refractivity contribution in [1.82, 2.24) is 9.97 Å². The molecular formula is C22H21N5. The summed E-state index contributed by atoms with van der Waals surface area (Å²) in [6.45, 7) is 4.94. The minimum atomic E-state index is 0.352. The van der Waals surface area contributed by atoms with E-state index in [0.29, 0.717) is 17.3 Å². The van der Waals surface area contributed by atoms with Gasteiger partial charge in [-0.15, -0.1) is 0 Å². The fourth-order valence-electron chi connectivity index (χ4n) is 2.75. The molecule has 0 unspecified atom stereocenters. The van der Waals surface area contributed by atoms with Crippen LogP contribution >= 0.6 is 0 Å². The predicted octanol–water partition coefficient (Wildman–Crippen LogP) is 4.19. The van der Waals surface area contributed by atoms with E-state index in [1.807, 2.05) is 36.4 Å². The smallest absolute Gasteiger partial charge is 0.141 e. The number of benzene rings is 1. The van der Waals surface area contributed by atoms with Crippen LogP contribution in [0.3, 0.4) is 0 Å². The third-order valence-corrected chi connectivity index (χ3v) is 4.08. The molecule has 0 aliphatic carbocycles. The highest BCUT2D eigenvalue weighted by Crippen LogP contribution is 2.29. The Morgan fingerprint density at radius 3 is 2.85 bits per heavy atom. The van der Waals surface area contributed by atoms with Crippen molar-refractivity contribution in [3.05, 3.63) is 66.1 Å². The molecule has 0 saturated carbocycles. The molecule has 0 saturated heterocycles. The first-order valence-electron chi connectivity index (χ1n) is 8.80. The van der Waals surface area contributed by atoms with Gasteiger partial charge in [0.1, 0.15) is 11.8 Å². The van der Waals surface area contributed by atoms with Crippen molar-refractivity contribution < 1.29 is 0 Å². The molecule has 0 aliphatic heterocycles. The molecule has 134 valence electrons. The zero-order valence-corrected chi connectivity index (χ0v) is 15.4. The third-order valence-electron chi connectivity index (χ3n) is 4.08. The van der Waals surface area contributed by atoms with E-state index in [1.54, 1.807) is 18.5 Å². The van der Waals surface area contributed by atoms with Gasteiger partial charge in [-0.1, -0.05) is 32.0 Å². The van der Waals surface area contributed by atoms with Crippen LogP contribution in [0.4, 0.5) is 0 Å². The van der Waals surface area contributed by atoms with E-state index < -0.39 is 0 Å². The average Bonchev–Trinajstić information content (AvgIpc) is 2.70. The van der Waals surface area contributed by atoms with Gasteiger partial charge in [0.05, 0.1) is 11.2 Å². The van der Waals surface area contributed by atoms with Crippen LogP contribution in [-0.2, 0) is 0 Å². The van der Waals surface area contributed by atoms with Crippen LogP contribution in [0.1, 0.15) is 25.1 Å². The predicted molar refractivity (Wildman–Crippen MR) is 110 cm³/mol. The number of aromatic nitrogens is 2. The molecule has 0 aliphatic rings. The van der Waals surface area contributed by atoms with E-state index in [0.717, 1.165) is 34.1 Å². The molecule has 5 heteroatoms. The fraction of sp³-hybridized carbons (Fsp3) is 0.182. The maximum Gasteiger partial charge on any atom is 0.141 e. The average molecular weight is 355 g/mol. The van der Waals surface area contributed by atoms with Gasteiger partial charge in [0, 0.05) is 47.2 Å². The minimum absolute atomic E-state index is 0.352. The number of nitrogens with two attached hydrogens (primary N) is 1. The first-order valence-corrected chi connectivity index (χ1v) is 8.80. The number of rotatable bonds is 5. The summed E-state index contributed by atoms with van der Waals surface area (Å²) in [7, 11) is 0. The van der Waals surface area contributed by atoms with Gasteiger partial charge in [-0.25, -0.2) is 4.98 Å². The lowest BCUT2D eigenvalue weighted by atomic mass is 9.99. The van der Waals surface area contributed by atoms with Crippen molar-refractivity contribution in [3.8, 4) is 17.3 Å². The van der Waals surface area contributed by atoms with Crippen molar-refractivity contribution in [3.63, 3.8) is 0 Å². The number of nitrogens with zero attached hydrogens (tertiary/aromatic N) is 4. The van der Waals surface area contributed by atoms with E-state index in [9.17, 15) is 5.26 Å². The lowest BCUT2D eigenvalue weighted by Gasteiger charge is -2.11. The van der Waals surface area contributed by atoms with Gasteiger partial charge in [0.25, 0.3) is 0 Å². The molecule has 0 amide bonds. The molecule has 27 heavy (non-hydrogen) atoms. The van der Waals surface area contributed by atoms with Crippen LogP contribution in [0.5, 0.6) is 0 Å².